The van der Waals surface area contributed by atoms with Gasteiger partial charge in [-0.15, -0.1) is 0 Å². The van der Waals surface area contributed by atoms with Crippen LogP contribution in [0.15, 0.2) is 53.3 Å². The SMILES string of the molecule is C[C@H](OC(=O)c1ccc(NC(N)=O)cc1)c1nc2ccccc2c(=O)[nH]1. The van der Waals surface area contributed by atoms with Crippen LogP contribution in [0, 0.1) is 0 Å². The molecule has 1 heterocycles. The summed E-state index contributed by atoms with van der Waals surface area (Å²) >= 11 is 0. The molecule has 0 saturated carbocycles. The fourth-order valence-electron chi connectivity index (χ4n) is 2.41. The number of primary amides is 1. The number of carbonyl (C=O) groups is 2. The highest BCUT2D eigenvalue weighted by molar-refractivity contribution is 5.92. The average Bonchev–Trinajstić information content (AvgIpc) is 2.61. The van der Waals surface area contributed by atoms with Crippen molar-refractivity contribution in [3.8, 4) is 0 Å². The molecule has 0 bridgehead atoms. The van der Waals surface area contributed by atoms with Crippen molar-refractivity contribution in [1.82, 2.24) is 9.97 Å². The summed E-state index contributed by atoms with van der Waals surface area (Å²) in [5.74, 6) is -0.326. The maximum atomic E-state index is 12.3. The molecular formula is C18H16N4O4. The van der Waals surface area contributed by atoms with Crippen molar-refractivity contribution in [3.63, 3.8) is 0 Å². The third-order valence-electron chi connectivity index (χ3n) is 3.69. The number of amides is 2. The third kappa shape index (κ3) is 3.69. The largest absolute Gasteiger partial charge is 0.451 e. The summed E-state index contributed by atoms with van der Waals surface area (Å²) in [6, 6.07) is 12.3. The smallest absolute Gasteiger partial charge is 0.338 e. The summed E-state index contributed by atoms with van der Waals surface area (Å²) in [7, 11) is 0. The number of nitrogens with two attached hydrogens (primary N) is 1. The lowest BCUT2D eigenvalue weighted by atomic mass is 10.2. The number of hydrogen-bond acceptors (Lipinski definition) is 5. The first-order chi connectivity index (χ1) is 12.4. The van der Waals surface area contributed by atoms with E-state index < -0.39 is 18.1 Å². The molecular weight excluding hydrogens is 336 g/mol. The van der Waals surface area contributed by atoms with Crippen LogP contribution in [0.3, 0.4) is 0 Å². The molecule has 0 aliphatic heterocycles. The molecule has 3 rings (SSSR count). The van der Waals surface area contributed by atoms with Crippen LogP contribution in [-0.4, -0.2) is 22.0 Å². The standard InChI is InChI=1S/C18H16N4O4/c1-10(15-21-14-5-3-2-4-13(14)16(23)22-15)26-17(24)11-6-8-12(9-7-11)20-18(19)25/h2-10H,1H3,(H3,19,20,25)(H,21,22,23)/t10-/m0/s1. The van der Waals surface area contributed by atoms with Gasteiger partial charge in [-0.25, -0.2) is 14.6 Å². The van der Waals surface area contributed by atoms with Crippen molar-refractivity contribution in [1.29, 1.82) is 0 Å². The molecule has 0 fully saturated rings. The number of esters is 1. The lowest BCUT2D eigenvalue weighted by molar-refractivity contribution is 0.0320. The van der Waals surface area contributed by atoms with E-state index in [-0.39, 0.29) is 16.9 Å². The van der Waals surface area contributed by atoms with Crippen LogP contribution in [-0.2, 0) is 4.74 Å². The minimum atomic E-state index is -0.747. The summed E-state index contributed by atoms with van der Waals surface area (Å²) in [6.07, 6.45) is -0.747. The topological polar surface area (TPSA) is 127 Å². The Morgan fingerprint density at radius 3 is 2.54 bits per heavy atom. The molecule has 0 radical (unpaired) electrons. The number of benzene rings is 2. The van der Waals surface area contributed by atoms with E-state index in [4.69, 9.17) is 10.5 Å². The predicted molar refractivity (Wildman–Crippen MR) is 95.8 cm³/mol. The molecule has 3 aromatic rings. The molecule has 2 aromatic carbocycles. The van der Waals surface area contributed by atoms with E-state index >= 15 is 0 Å². The zero-order chi connectivity index (χ0) is 18.7. The second-order valence-electron chi connectivity index (χ2n) is 5.58. The van der Waals surface area contributed by atoms with Crippen molar-refractivity contribution >= 4 is 28.6 Å². The fraction of sp³-hybridized carbons (Fsp3) is 0.111. The lowest BCUT2D eigenvalue weighted by Crippen LogP contribution is -2.19. The third-order valence-corrected chi connectivity index (χ3v) is 3.69. The summed E-state index contributed by atoms with van der Waals surface area (Å²) < 4.78 is 5.36. The van der Waals surface area contributed by atoms with Crippen molar-refractivity contribution in [2.24, 2.45) is 5.73 Å². The molecule has 26 heavy (non-hydrogen) atoms. The van der Waals surface area contributed by atoms with Gasteiger partial charge in [0.25, 0.3) is 5.56 Å². The summed E-state index contributed by atoms with van der Waals surface area (Å²) in [5, 5.41) is 2.86. The fourth-order valence-corrected chi connectivity index (χ4v) is 2.41. The van der Waals surface area contributed by atoms with Gasteiger partial charge in [-0.3, -0.25) is 4.79 Å². The van der Waals surface area contributed by atoms with Crippen LogP contribution in [0.4, 0.5) is 10.5 Å². The number of urea groups is 1. The first kappa shape index (κ1) is 17.2. The first-order valence-electron chi connectivity index (χ1n) is 7.80. The first-order valence-corrected chi connectivity index (χ1v) is 7.80. The van der Waals surface area contributed by atoms with Crippen LogP contribution < -0.4 is 16.6 Å². The number of hydrogen-bond donors (Lipinski definition) is 3. The number of aromatic nitrogens is 2. The van der Waals surface area contributed by atoms with E-state index in [9.17, 15) is 14.4 Å². The Kier molecular flexibility index (Phi) is 4.66. The molecule has 0 aliphatic carbocycles. The van der Waals surface area contributed by atoms with Gasteiger partial charge in [-0.2, -0.15) is 0 Å². The average molecular weight is 352 g/mol. The number of nitrogens with zero attached hydrogens (tertiary/aromatic N) is 1. The van der Waals surface area contributed by atoms with E-state index in [1.807, 2.05) is 0 Å². The maximum absolute atomic E-state index is 12.3. The monoisotopic (exact) mass is 352 g/mol. The van der Waals surface area contributed by atoms with Crippen LogP contribution in [0.2, 0.25) is 0 Å². The summed E-state index contributed by atoms with van der Waals surface area (Å²) in [5.41, 5.74) is 6.00. The molecule has 0 saturated heterocycles. The van der Waals surface area contributed by atoms with Gasteiger partial charge < -0.3 is 20.8 Å². The van der Waals surface area contributed by atoms with Crippen LogP contribution in [0.1, 0.15) is 29.2 Å². The van der Waals surface area contributed by atoms with E-state index in [0.29, 0.717) is 16.6 Å². The van der Waals surface area contributed by atoms with Crippen molar-refractivity contribution in [2.45, 2.75) is 13.0 Å². The molecule has 8 heteroatoms. The van der Waals surface area contributed by atoms with Gasteiger partial charge in [0.1, 0.15) is 0 Å². The van der Waals surface area contributed by atoms with E-state index in [1.54, 1.807) is 31.2 Å². The zero-order valence-electron chi connectivity index (χ0n) is 13.9. The Bertz CT molecular complexity index is 1030. The Hall–Kier alpha value is -3.68. The lowest BCUT2D eigenvalue weighted by Gasteiger charge is -2.13. The van der Waals surface area contributed by atoms with Crippen LogP contribution >= 0.6 is 0 Å². The second kappa shape index (κ2) is 7.06. The Morgan fingerprint density at radius 1 is 1.15 bits per heavy atom. The quantitative estimate of drug-likeness (QED) is 0.621. The number of H-pyrrole nitrogens is 1. The maximum Gasteiger partial charge on any atom is 0.338 e. The number of fused-ring (bicyclic) bond motifs is 1. The van der Waals surface area contributed by atoms with E-state index in [1.165, 1.54) is 24.3 Å². The summed E-state index contributed by atoms with van der Waals surface area (Å²) in [4.78, 5) is 42.1. The number of para-hydroxylation sites is 1. The molecule has 0 spiro atoms. The number of nitrogens with one attached hydrogen (secondary N) is 2. The molecule has 0 aliphatic rings. The Balaban J connectivity index is 1.77. The molecule has 1 aromatic heterocycles. The predicted octanol–water partition coefficient (Wildman–Crippen LogP) is 2.33. The highest BCUT2D eigenvalue weighted by Gasteiger charge is 2.17. The number of carbonyl (C=O) groups excluding carboxylic acids is 2. The highest BCUT2D eigenvalue weighted by atomic mass is 16.5. The van der Waals surface area contributed by atoms with Crippen LogP contribution in [0.25, 0.3) is 10.9 Å². The summed E-state index contributed by atoms with van der Waals surface area (Å²) in [6.45, 7) is 1.62. The molecule has 8 nitrogen and oxygen atoms in total. The van der Waals surface area contributed by atoms with Gasteiger partial charge in [0.15, 0.2) is 11.9 Å². The second-order valence-corrected chi connectivity index (χ2v) is 5.58. The van der Waals surface area contributed by atoms with Gasteiger partial charge >= 0.3 is 12.0 Å². The number of rotatable bonds is 4. The normalized spacial score (nSPS) is 11.7. The van der Waals surface area contributed by atoms with Crippen molar-refractivity contribution < 1.29 is 14.3 Å². The van der Waals surface area contributed by atoms with E-state index in [2.05, 4.69) is 15.3 Å². The molecule has 1 atom stereocenters. The number of aromatic amines is 1. The van der Waals surface area contributed by atoms with E-state index in [0.717, 1.165) is 0 Å². The van der Waals surface area contributed by atoms with Gasteiger partial charge in [0, 0.05) is 5.69 Å². The van der Waals surface area contributed by atoms with Crippen molar-refractivity contribution in [2.75, 3.05) is 5.32 Å². The number of ether oxygens (including phenoxy) is 1. The van der Waals surface area contributed by atoms with Gasteiger partial charge in [0.2, 0.25) is 0 Å². The minimum Gasteiger partial charge on any atom is -0.451 e. The Labute approximate surface area is 148 Å². The zero-order valence-corrected chi connectivity index (χ0v) is 13.9. The van der Waals surface area contributed by atoms with Gasteiger partial charge in [-0.05, 0) is 43.3 Å². The number of anilines is 1. The molecule has 2 amide bonds. The molecule has 132 valence electrons. The van der Waals surface area contributed by atoms with Crippen LogP contribution in [0.5, 0.6) is 0 Å². The minimum absolute atomic E-state index is 0.258. The molecule has 0 unspecified atom stereocenters. The van der Waals surface area contributed by atoms with Gasteiger partial charge in [0.05, 0.1) is 16.5 Å². The molecule has 4 N–H and O–H groups in total. The van der Waals surface area contributed by atoms with Crippen molar-refractivity contribution in [3.05, 3.63) is 70.3 Å². The van der Waals surface area contributed by atoms with Gasteiger partial charge in [-0.1, -0.05) is 12.1 Å². The highest BCUT2D eigenvalue weighted by Crippen LogP contribution is 2.17. The Morgan fingerprint density at radius 2 is 1.85 bits per heavy atom.